The van der Waals surface area contributed by atoms with Crippen molar-refractivity contribution in [3.8, 4) is 0 Å². The van der Waals surface area contributed by atoms with Gasteiger partial charge in [-0.15, -0.1) is 0 Å². The van der Waals surface area contributed by atoms with E-state index in [-0.39, 0.29) is 31.0 Å². The number of unbranched alkanes of at least 4 members (excludes halogenated alkanes) is 36. The maximum Gasteiger partial charge on any atom is 1.00 e. The first kappa shape index (κ1) is 53.3. The molecule has 0 atom stereocenters. The molecule has 0 aliphatic rings. The van der Waals surface area contributed by atoms with Crippen LogP contribution in [0.5, 0.6) is 0 Å². The normalized spacial score (nSPS) is 10.8. The van der Waals surface area contributed by atoms with Crippen LogP contribution in [-0.2, 0) is 9.59 Å². The van der Waals surface area contributed by atoms with E-state index < -0.39 is 11.9 Å². The monoisotopic (exact) mass is 705 g/mol. The summed E-state index contributed by atoms with van der Waals surface area (Å²) in [6.45, 7) is 4.57. The summed E-state index contributed by atoms with van der Waals surface area (Å²) in [5.74, 6) is -1.30. The number of aliphatic carboxylic acids is 2. The third-order valence-electron chi connectivity index (χ3n) is 9.99. The van der Waals surface area contributed by atoms with Crippen LogP contribution in [0, 0.1) is 0 Å². The molecule has 2 N–H and O–H groups in total. The molecule has 49 heavy (non-hydrogen) atoms. The van der Waals surface area contributed by atoms with Crippen LogP contribution in [0.4, 0.5) is 0 Å². The van der Waals surface area contributed by atoms with Crippen molar-refractivity contribution < 1.29 is 50.8 Å². The maximum atomic E-state index is 10.4. The Bertz CT molecular complexity index is 567. The fourth-order valence-electron chi connectivity index (χ4n) is 6.71. The number of carboxylic acids is 2. The maximum absolute atomic E-state index is 10.4. The molecule has 0 aliphatic heterocycles. The predicted molar refractivity (Wildman–Crippen MR) is 212 cm³/mol. The largest absolute Gasteiger partial charge is 1.00 e. The molecule has 0 aromatic heterocycles. The summed E-state index contributed by atoms with van der Waals surface area (Å²) in [4.78, 5) is 20.8. The molecule has 0 bridgehead atoms. The van der Waals surface area contributed by atoms with E-state index >= 15 is 0 Å². The Balaban J connectivity index is -0.000000407. The second-order valence-corrected chi connectivity index (χ2v) is 15.0. The van der Waals surface area contributed by atoms with E-state index in [1.165, 1.54) is 218 Å². The van der Waals surface area contributed by atoms with Gasteiger partial charge in [0.05, 0.1) is 0 Å². The van der Waals surface area contributed by atoms with Gasteiger partial charge in [0.25, 0.3) is 0 Å². The molecule has 0 radical (unpaired) electrons. The number of rotatable bonds is 40. The van der Waals surface area contributed by atoms with E-state index in [9.17, 15) is 9.59 Å². The third kappa shape index (κ3) is 57.5. The van der Waals surface area contributed by atoms with Crippen LogP contribution >= 0.6 is 0 Å². The van der Waals surface area contributed by atoms with E-state index in [0.29, 0.717) is 12.8 Å². The molecule has 0 fully saturated rings. The summed E-state index contributed by atoms with van der Waals surface area (Å²) < 4.78 is 0. The smallest absolute Gasteiger partial charge is 1.00 e. The van der Waals surface area contributed by atoms with E-state index in [1.807, 2.05) is 0 Å². The molecule has 0 aliphatic carbocycles. The second-order valence-electron chi connectivity index (χ2n) is 15.0. The summed E-state index contributed by atoms with van der Waals surface area (Å²) in [5.41, 5.74) is 0. The average molecular weight is 705 g/mol. The SMILES string of the molecule is CCCCCCCCCCCCCCCCCCCCCC(=O)O.CCCCCCCCCCCCCCCCCCCCCC(=O)O.[H-].[Na+]. The van der Waals surface area contributed by atoms with Gasteiger partial charge in [0.1, 0.15) is 0 Å². The molecule has 0 unspecified atom stereocenters. The van der Waals surface area contributed by atoms with Gasteiger partial charge in [0, 0.05) is 12.8 Å². The molecule has 5 heteroatoms. The van der Waals surface area contributed by atoms with E-state index in [0.717, 1.165) is 25.7 Å². The molecular weight excluding hydrogens is 615 g/mol. The predicted octanol–water partition coefficient (Wildman–Crippen LogP) is 12.9. The summed E-state index contributed by atoms with van der Waals surface area (Å²) in [6.07, 6.45) is 52.2. The number of carboxylic acid groups (broad SMARTS) is 2. The van der Waals surface area contributed by atoms with Crippen molar-refractivity contribution in [2.24, 2.45) is 0 Å². The van der Waals surface area contributed by atoms with Gasteiger partial charge in [-0.25, -0.2) is 0 Å². The third-order valence-corrected chi connectivity index (χ3v) is 9.99. The van der Waals surface area contributed by atoms with Crippen LogP contribution in [0.15, 0.2) is 0 Å². The van der Waals surface area contributed by atoms with Gasteiger partial charge in [-0.1, -0.05) is 245 Å². The standard InChI is InChI=1S/2C22H44O2.Na.H/c2*1-2-3-4-5-6-7-8-9-10-11-12-13-14-15-16-17-18-19-20-21-22(23)24;;/h2*2-21H2,1H3,(H,23,24);;/q;;+1;-1. The van der Waals surface area contributed by atoms with Crippen molar-refractivity contribution in [3.05, 3.63) is 0 Å². The Morgan fingerprint density at radius 2 is 0.408 bits per heavy atom. The minimum Gasteiger partial charge on any atom is -1.00 e. The first-order valence-corrected chi connectivity index (χ1v) is 22.0. The van der Waals surface area contributed by atoms with Gasteiger partial charge in [-0.3, -0.25) is 9.59 Å². The van der Waals surface area contributed by atoms with Crippen molar-refractivity contribution in [1.29, 1.82) is 0 Å². The average Bonchev–Trinajstić information content (AvgIpc) is 3.07. The molecule has 0 amide bonds. The summed E-state index contributed by atoms with van der Waals surface area (Å²) >= 11 is 0. The van der Waals surface area contributed by atoms with Crippen LogP contribution < -0.4 is 29.6 Å². The first-order chi connectivity index (χ1) is 23.5. The van der Waals surface area contributed by atoms with Crippen LogP contribution in [0.3, 0.4) is 0 Å². The molecule has 0 aromatic rings. The van der Waals surface area contributed by atoms with E-state index in [2.05, 4.69) is 13.8 Å². The van der Waals surface area contributed by atoms with Crippen molar-refractivity contribution in [2.75, 3.05) is 0 Å². The van der Waals surface area contributed by atoms with Crippen molar-refractivity contribution in [1.82, 2.24) is 0 Å². The van der Waals surface area contributed by atoms with Crippen LogP contribution in [0.1, 0.15) is 272 Å². The Morgan fingerprint density at radius 1 is 0.286 bits per heavy atom. The number of carbonyl (C=O) groups is 2. The number of hydrogen-bond donors (Lipinski definition) is 2. The van der Waals surface area contributed by atoms with E-state index in [1.54, 1.807) is 0 Å². The van der Waals surface area contributed by atoms with Gasteiger partial charge < -0.3 is 11.6 Å². The molecule has 0 rings (SSSR count). The number of hydrogen-bond acceptors (Lipinski definition) is 2. The zero-order valence-electron chi connectivity index (χ0n) is 35.0. The van der Waals surface area contributed by atoms with Crippen LogP contribution in [0.25, 0.3) is 0 Å². The summed E-state index contributed by atoms with van der Waals surface area (Å²) in [6, 6.07) is 0. The summed E-state index contributed by atoms with van der Waals surface area (Å²) in [5, 5.41) is 17.1. The van der Waals surface area contributed by atoms with Gasteiger partial charge in [0.15, 0.2) is 0 Å². The minimum atomic E-state index is -0.651. The Labute approximate surface area is 331 Å². The first-order valence-electron chi connectivity index (χ1n) is 22.0. The molecule has 0 aromatic carbocycles. The molecular formula is C44H89NaO4. The topological polar surface area (TPSA) is 74.6 Å². The fourth-order valence-corrected chi connectivity index (χ4v) is 6.71. The van der Waals surface area contributed by atoms with Crippen LogP contribution in [0.2, 0.25) is 0 Å². The zero-order chi connectivity index (χ0) is 35.4. The van der Waals surface area contributed by atoms with E-state index in [4.69, 9.17) is 10.2 Å². The van der Waals surface area contributed by atoms with Gasteiger partial charge in [-0.2, -0.15) is 0 Å². The second kappa shape index (κ2) is 50.0. The molecule has 290 valence electrons. The van der Waals surface area contributed by atoms with Crippen molar-refractivity contribution in [3.63, 3.8) is 0 Å². The van der Waals surface area contributed by atoms with Crippen molar-refractivity contribution in [2.45, 2.75) is 271 Å². The molecule has 0 spiro atoms. The van der Waals surface area contributed by atoms with Crippen molar-refractivity contribution >= 4 is 11.9 Å². The molecule has 0 heterocycles. The zero-order valence-corrected chi connectivity index (χ0v) is 36.0. The van der Waals surface area contributed by atoms with Crippen LogP contribution in [-0.4, -0.2) is 22.2 Å². The Kier molecular flexibility index (Phi) is 54.4. The molecule has 0 saturated heterocycles. The Hall–Kier alpha value is -0.0600. The fraction of sp³-hybridized carbons (Fsp3) is 0.955. The minimum absolute atomic E-state index is 0. The quantitative estimate of drug-likeness (QED) is 0.0492. The Morgan fingerprint density at radius 3 is 0.531 bits per heavy atom. The summed E-state index contributed by atoms with van der Waals surface area (Å²) in [7, 11) is 0. The van der Waals surface area contributed by atoms with Gasteiger partial charge in [-0.05, 0) is 12.8 Å². The molecule has 4 nitrogen and oxygen atoms in total. The molecule has 0 saturated carbocycles. The van der Waals surface area contributed by atoms with Gasteiger partial charge in [0.2, 0.25) is 0 Å². The van der Waals surface area contributed by atoms with Gasteiger partial charge >= 0.3 is 41.5 Å².